The van der Waals surface area contributed by atoms with Gasteiger partial charge in [-0.05, 0) is 40.5 Å². The molecule has 0 fully saturated rings. The molecule has 0 aliphatic heterocycles. The molecule has 0 spiro atoms. The van der Waals surface area contributed by atoms with Gasteiger partial charge in [-0.25, -0.2) is 4.98 Å². The van der Waals surface area contributed by atoms with Crippen molar-refractivity contribution in [2.24, 2.45) is 0 Å². The topological polar surface area (TPSA) is 17.3 Å². The fraction of sp³-hybridized carbons (Fsp3) is 0.0952. The molecule has 24 heavy (non-hydrogen) atoms. The van der Waals surface area contributed by atoms with Gasteiger partial charge in [0.25, 0.3) is 0 Å². The van der Waals surface area contributed by atoms with Crippen LogP contribution in [-0.2, 0) is 6.42 Å². The Morgan fingerprint density at radius 3 is 2.42 bits per heavy atom. The number of imidazole rings is 1. The van der Waals surface area contributed by atoms with Crippen molar-refractivity contribution in [3.05, 3.63) is 94.2 Å². The van der Waals surface area contributed by atoms with Crippen LogP contribution in [0.2, 0.25) is 0 Å². The van der Waals surface area contributed by atoms with E-state index in [-0.39, 0.29) is 0 Å². The molecule has 118 valence electrons. The molecule has 4 rings (SSSR count). The smallest absolute Gasteiger partial charge is 0.137 e. The minimum absolute atomic E-state index is 0.849. The monoisotopic (exact) mass is 376 g/mol. The van der Waals surface area contributed by atoms with Crippen LogP contribution in [0.4, 0.5) is 0 Å². The first-order valence-electron chi connectivity index (χ1n) is 7.98. The second-order valence-corrected chi connectivity index (χ2v) is 6.93. The van der Waals surface area contributed by atoms with E-state index in [0.717, 1.165) is 27.8 Å². The lowest BCUT2D eigenvalue weighted by Crippen LogP contribution is -1.96. The van der Waals surface area contributed by atoms with Gasteiger partial charge in [0, 0.05) is 22.7 Å². The molecule has 0 unspecified atom stereocenters. The van der Waals surface area contributed by atoms with Crippen LogP contribution in [0.3, 0.4) is 0 Å². The molecule has 4 aromatic rings. The van der Waals surface area contributed by atoms with Gasteiger partial charge in [-0.3, -0.25) is 0 Å². The highest BCUT2D eigenvalue weighted by atomic mass is 79.9. The molecule has 2 nitrogen and oxygen atoms in total. The van der Waals surface area contributed by atoms with Crippen LogP contribution < -0.4 is 0 Å². The quantitative estimate of drug-likeness (QED) is 0.450. The van der Waals surface area contributed by atoms with Gasteiger partial charge in [0.05, 0.1) is 11.4 Å². The van der Waals surface area contributed by atoms with Crippen molar-refractivity contribution >= 4 is 21.6 Å². The van der Waals surface area contributed by atoms with Crippen LogP contribution in [0.25, 0.3) is 16.9 Å². The van der Waals surface area contributed by atoms with E-state index < -0.39 is 0 Å². The zero-order chi connectivity index (χ0) is 16.5. The Morgan fingerprint density at radius 2 is 1.67 bits per heavy atom. The van der Waals surface area contributed by atoms with Crippen molar-refractivity contribution in [2.45, 2.75) is 13.3 Å². The lowest BCUT2D eigenvalue weighted by Gasteiger charge is -2.07. The zero-order valence-electron chi connectivity index (χ0n) is 13.4. The number of hydrogen-bond donors (Lipinski definition) is 0. The summed E-state index contributed by atoms with van der Waals surface area (Å²) in [6.07, 6.45) is 2.94. The molecule has 0 N–H and O–H groups in total. The predicted molar refractivity (Wildman–Crippen MR) is 102 cm³/mol. The van der Waals surface area contributed by atoms with E-state index >= 15 is 0 Å². The Morgan fingerprint density at radius 1 is 0.917 bits per heavy atom. The number of halogens is 1. The summed E-state index contributed by atoms with van der Waals surface area (Å²) in [5.74, 6) is 0. The summed E-state index contributed by atoms with van der Waals surface area (Å²) in [5.41, 5.74) is 6.94. The van der Waals surface area contributed by atoms with E-state index in [2.05, 4.69) is 94.1 Å². The van der Waals surface area contributed by atoms with Crippen molar-refractivity contribution in [3.63, 3.8) is 0 Å². The summed E-state index contributed by atoms with van der Waals surface area (Å²) in [4.78, 5) is 4.89. The summed E-state index contributed by atoms with van der Waals surface area (Å²) in [6.45, 7) is 2.11. The van der Waals surface area contributed by atoms with Gasteiger partial charge >= 0.3 is 0 Å². The summed E-state index contributed by atoms with van der Waals surface area (Å²) < 4.78 is 3.24. The minimum atomic E-state index is 0.849. The molecule has 0 bridgehead atoms. The molecular weight excluding hydrogens is 360 g/mol. The van der Waals surface area contributed by atoms with Gasteiger partial charge < -0.3 is 4.40 Å². The van der Waals surface area contributed by atoms with Gasteiger partial charge in [-0.1, -0.05) is 60.2 Å². The molecule has 0 saturated carbocycles. The first-order chi connectivity index (χ1) is 11.7. The van der Waals surface area contributed by atoms with Crippen LogP contribution in [0.5, 0.6) is 0 Å². The van der Waals surface area contributed by atoms with Crippen LogP contribution in [0.1, 0.15) is 16.8 Å². The number of aryl methyl sites for hydroxylation is 1. The molecule has 2 aromatic heterocycles. The van der Waals surface area contributed by atoms with Gasteiger partial charge in [0.1, 0.15) is 5.65 Å². The van der Waals surface area contributed by atoms with Crippen LogP contribution in [0.15, 0.2) is 77.4 Å². The van der Waals surface area contributed by atoms with Gasteiger partial charge in [0.2, 0.25) is 0 Å². The standard InChI is InChI=1S/C21H17BrN2/c1-15-7-9-17(10-8-15)21-19(13-16-5-3-2-4-6-16)24-14-18(22)11-12-20(24)23-21/h2-12,14H,13H2,1H3. The molecule has 3 heteroatoms. The third kappa shape index (κ3) is 2.87. The Hall–Kier alpha value is -2.39. The van der Waals surface area contributed by atoms with E-state index in [1.165, 1.54) is 16.8 Å². The van der Waals surface area contributed by atoms with Crippen molar-refractivity contribution < 1.29 is 0 Å². The number of hydrogen-bond acceptors (Lipinski definition) is 1. The normalized spacial score (nSPS) is 11.1. The summed E-state index contributed by atoms with van der Waals surface area (Å²) >= 11 is 3.58. The number of fused-ring (bicyclic) bond motifs is 1. The van der Waals surface area contributed by atoms with Crippen LogP contribution >= 0.6 is 15.9 Å². The molecular formula is C21H17BrN2. The summed E-state index contributed by atoms with van der Waals surface area (Å²) in [5, 5.41) is 0. The van der Waals surface area contributed by atoms with E-state index in [0.29, 0.717) is 0 Å². The largest absolute Gasteiger partial charge is 0.302 e. The van der Waals surface area contributed by atoms with Gasteiger partial charge in [-0.15, -0.1) is 0 Å². The van der Waals surface area contributed by atoms with Gasteiger partial charge in [-0.2, -0.15) is 0 Å². The van der Waals surface area contributed by atoms with Crippen molar-refractivity contribution in [1.29, 1.82) is 0 Å². The average molecular weight is 377 g/mol. The zero-order valence-corrected chi connectivity index (χ0v) is 15.0. The van der Waals surface area contributed by atoms with E-state index in [1.807, 2.05) is 6.07 Å². The van der Waals surface area contributed by atoms with Crippen LogP contribution in [0, 0.1) is 6.92 Å². The van der Waals surface area contributed by atoms with E-state index in [1.54, 1.807) is 0 Å². The maximum atomic E-state index is 4.89. The Balaban J connectivity index is 1.91. The Labute approximate surface area is 149 Å². The van der Waals surface area contributed by atoms with Crippen molar-refractivity contribution in [2.75, 3.05) is 0 Å². The van der Waals surface area contributed by atoms with Crippen LogP contribution in [-0.4, -0.2) is 9.38 Å². The second-order valence-electron chi connectivity index (χ2n) is 6.01. The summed E-state index contributed by atoms with van der Waals surface area (Å²) in [6, 6.07) is 23.2. The van der Waals surface area contributed by atoms with Crippen molar-refractivity contribution in [3.8, 4) is 11.3 Å². The molecule has 2 aromatic carbocycles. The highest BCUT2D eigenvalue weighted by Gasteiger charge is 2.14. The third-order valence-electron chi connectivity index (χ3n) is 4.22. The first-order valence-corrected chi connectivity index (χ1v) is 8.77. The number of rotatable bonds is 3. The summed E-state index contributed by atoms with van der Waals surface area (Å²) in [7, 11) is 0. The van der Waals surface area contributed by atoms with E-state index in [9.17, 15) is 0 Å². The fourth-order valence-electron chi connectivity index (χ4n) is 2.97. The molecule has 0 radical (unpaired) electrons. The van der Waals surface area contributed by atoms with Gasteiger partial charge in [0.15, 0.2) is 0 Å². The first kappa shape index (κ1) is 15.2. The number of aromatic nitrogens is 2. The second kappa shape index (κ2) is 6.25. The maximum absolute atomic E-state index is 4.89. The molecule has 2 heterocycles. The lowest BCUT2D eigenvalue weighted by atomic mass is 10.0. The minimum Gasteiger partial charge on any atom is -0.302 e. The molecule has 0 aliphatic carbocycles. The predicted octanol–water partition coefficient (Wildman–Crippen LogP) is 5.66. The number of benzene rings is 2. The highest BCUT2D eigenvalue weighted by Crippen LogP contribution is 2.28. The SMILES string of the molecule is Cc1ccc(-c2nc3ccc(Br)cn3c2Cc2ccccc2)cc1. The van der Waals surface area contributed by atoms with E-state index in [4.69, 9.17) is 4.98 Å². The molecule has 0 atom stereocenters. The number of pyridine rings is 1. The number of nitrogens with zero attached hydrogens (tertiary/aromatic N) is 2. The average Bonchev–Trinajstić information content (AvgIpc) is 2.94. The Kier molecular flexibility index (Phi) is 3.95. The van der Waals surface area contributed by atoms with Crippen molar-refractivity contribution in [1.82, 2.24) is 9.38 Å². The molecule has 0 aliphatic rings. The molecule has 0 saturated heterocycles. The lowest BCUT2D eigenvalue weighted by molar-refractivity contribution is 1.02. The maximum Gasteiger partial charge on any atom is 0.137 e. The third-order valence-corrected chi connectivity index (χ3v) is 4.69. The fourth-order valence-corrected chi connectivity index (χ4v) is 3.31. The highest BCUT2D eigenvalue weighted by molar-refractivity contribution is 9.10. The Bertz CT molecular complexity index is 986. The molecule has 0 amide bonds.